The molecule has 0 spiro atoms. The van der Waals surface area contributed by atoms with Gasteiger partial charge in [-0.25, -0.2) is 0 Å². The first-order chi connectivity index (χ1) is 12.2. The second-order valence-electron chi connectivity index (χ2n) is 8.35. The maximum Gasteiger partial charge on any atom is 0.498 e. The average molecular weight is 359 g/mol. The van der Waals surface area contributed by atoms with Crippen LogP contribution in [-0.2, 0) is 9.31 Å². The molecule has 142 valence electrons. The number of methoxy groups -OCH3 is 1. The van der Waals surface area contributed by atoms with Crippen molar-refractivity contribution in [1.82, 2.24) is 5.32 Å². The van der Waals surface area contributed by atoms with Crippen LogP contribution in [0.1, 0.15) is 70.2 Å². The van der Waals surface area contributed by atoms with E-state index in [2.05, 4.69) is 5.32 Å². The predicted molar refractivity (Wildman–Crippen MR) is 103 cm³/mol. The molecule has 26 heavy (non-hydrogen) atoms. The number of carbonyl (C=O) groups is 1. The first kappa shape index (κ1) is 19.2. The molecule has 2 fully saturated rings. The molecular weight excluding hydrogens is 329 g/mol. The number of amides is 1. The van der Waals surface area contributed by atoms with Gasteiger partial charge >= 0.3 is 7.12 Å². The highest BCUT2D eigenvalue weighted by molar-refractivity contribution is 6.63. The molecule has 1 aliphatic heterocycles. The second-order valence-corrected chi connectivity index (χ2v) is 8.35. The van der Waals surface area contributed by atoms with E-state index in [9.17, 15) is 4.79 Å². The number of ether oxygens (including phenoxy) is 1. The fourth-order valence-electron chi connectivity index (χ4n) is 3.53. The fourth-order valence-corrected chi connectivity index (χ4v) is 3.53. The van der Waals surface area contributed by atoms with E-state index >= 15 is 0 Å². The summed E-state index contributed by atoms with van der Waals surface area (Å²) in [6.45, 7) is 8.08. The van der Waals surface area contributed by atoms with Gasteiger partial charge in [0.1, 0.15) is 5.75 Å². The van der Waals surface area contributed by atoms with Gasteiger partial charge in [-0.2, -0.15) is 0 Å². The summed E-state index contributed by atoms with van der Waals surface area (Å²) < 4.78 is 17.8. The molecule has 0 unspecified atom stereocenters. The van der Waals surface area contributed by atoms with Crippen LogP contribution in [0.25, 0.3) is 0 Å². The highest BCUT2D eigenvalue weighted by Gasteiger charge is 2.52. The van der Waals surface area contributed by atoms with Crippen LogP contribution in [0.3, 0.4) is 0 Å². The smallest absolute Gasteiger partial charge is 0.497 e. The summed E-state index contributed by atoms with van der Waals surface area (Å²) in [4.78, 5) is 12.6. The Morgan fingerprint density at radius 3 is 2.31 bits per heavy atom. The summed E-state index contributed by atoms with van der Waals surface area (Å²) in [5, 5.41) is 3.14. The third-order valence-corrected chi connectivity index (χ3v) is 5.94. The van der Waals surface area contributed by atoms with E-state index in [0.29, 0.717) is 11.3 Å². The maximum absolute atomic E-state index is 12.6. The molecule has 5 nitrogen and oxygen atoms in total. The molecule has 1 aromatic rings. The summed E-state index contributed by atoms with van der Waals surface area (Å²) in [7, 11) is 1.10. The van der Waals surface area contributed by atoms with Gasteiger partial charge in [0.15, 0.2) is 0 Å². The third-order valence-electron chi connectivity index (χ3n) is 5.94. The van der Waals surface area contributed by atoms with Crippen molar-refractivity contribution >= 4 is 18.5 Å². The van der Waals surface area contributed by atoms with Gasteiger partial charge in [-0.15, -0.1) is 0 Å². The number of hydrogen-bond acceptors (Lipinski definition) is 4. The van der Waals surface area contributed by atoms with E-state index in [0.717, 1.165) is 18.3 Å². The van der Waals surface area contributed by atoms with Crippen LogP contribution in [0, 0.1) is 0 Å². The summed E-state index contributed by atoms with van der Waals surface area (Å²) in [6, 6.07) is 5.75. The lowest BCUT2D eigenvalue weighted by Gasteiger charge is -2.32. The molecule has 1 saturated carbocycles. The lowest BCUT2D eigenvalue weighted by molar-refractivity contribution is 0.00578. The lowest BCUT2D eigenvalue weighted by atomic mass is 9.78. The number of carbonyl (C=O) groups excluding carboxylic acids is 1. The van der Waals surface area contributed by atoms with Gasteiger partial charge in [-0.05, 0) is 52.7 Å². The molecule has 0 bridgehead atoms. The van der Waals surface area contributed by atoms with Crippen LogP contribution in [0.4, 0.5) is 0 Å². The molecule has 0 aromatic heterocycles. The van der Waals surface area contributed by atoms with Crippen molar-refractivity contribution in [2.24, 2.45) is 0 Å². The largest absolute Gasteiger partial charge is 0.498 e. The number of hydrogen-bond donors (Lipinski definition) is 1. The van der Waals surface area contributed by atoms with Crippen LogP contribution < -0.4 is 15.5 Å². The van der Waals surface area contributed by atoms with E-state index in [-0.39, 0.29) is 11.9 Å². The summed E-state index contributed by atoms with van der Waals surface area (Å²) in [5.74, 6) is 0.565. The van der Waals surface area contributed by atoms with Crippen LogP contribution in [0.2, 0.25) is 0 Å². The standard InChI is InChI=1S/C20H30BNO4/c1-19(2)20(3,4)26-21(25-19)16-12-11-14(13-17(16)24-5)18(23)22-15-9-7-6-8-10-15/h11-13,15H,6-10H2,1-5H3,(H,22,23). The topological polar surface area (TPSA) is 56.8 Å². The quantitative estimate of drug-likeness (QED) is 0.840. The summed E-state index contributed by atoms with van der Waals surface area (Å²) in [6.07, 6.45) is 5.77. The Bertz CT molecular complexity index is 652. The number of benzene rings is 1. The average Bonchev–Trinajstić information content (AvgIpc) is 2.82. The van der Waals surface area contributed by atoms with Crippen LogP contribution in [0.15, 0.2) is 18.2 Å². The number of rotatable bonds is 4. The zero-order valence-corrected chi connectivity index (χ0v) is 16.6. The monoisotopic (exact) mass is 359 g/mol. The molecule has 3 rings (SSSR count). The van der Waals surface area contributed by atoms with Crippen molar-refractivity contribution in [2.45, 2.75) is 77.0 Å². The van der Waals surface area contributed by atoms with Gasteiger partial charge < -0.3 is 19.4 Å². The van der Waals surface area contributed by atoms with E-state index in [1.165, 1.54) is 19.3 Å². The molecule has 1 N–H and O–H groups in total. The molecule has 1 aliphatic carbocycles. The highest BCUT2D eigenvalue weighted by atomic mass is 16.7. The SMILES string of the molecule is COc1cc(C(=O)NC2CCCCC2)ccc1B1OC(C)(C)C(C)(C)O1. The zero-order chi connectivity index (χ0) is 18.9. The Morgan fingerprint density at radius 1 is 1.12 bits per heavy atom. The van der Waals surface area contributed by atoms with Crippen molar-refractivity contribution in [3.8, 4) is 5.75 Å². The Kier molecular flexibility index (Phi) is 5.36. The summed E-state index contributed by atoms with van der Waals surface area (Å²) in [5.41, 5.74) is 0.576. The van der Waals surface area contributed by atoms with Gasteiger partial charge in [0, 0.05) is 17.1 Å². The predicted octanol–water partition coefficient (Wildman–Crippen LogP) is 3.06. The Morgan fingerprint density at radius 2 is 1.73 bits per heavy atom. The Hall–Kier alpha value is -1.53. The highest BCUT2D eigenvalue weighted by Crippen LogP contribution is 2.37. The van der Waals surface area contributed by atoms with Crippen molar-refractivity contribution in [1.29, 1.82) is 0 Å². The molecular formula is C20H30BNO4. The van der Waals surface area contributed by atoms with Gasteiger partial charge in [0.25, 0.3) is 5.91 Å². The molecule has 2 aliphatic rings. The Balaban J connectivity index is 1.77. The molecule has 0 radical (unpaired) electrons. The lowest BCUT2D eigenvalue weighted by Crippen LogP contribution is -2.41. The van der Waals surface area contributed by atoms with Gasteiger partial charge in [-0.3, -0.25) is 4.79 Å². The zero-order valence-electron chi connectivity index (χ0n) is 16.6. The van der Waals surface area contributed by atoms with E-state index in [1.54, 1.807) is 13.2 Å². The molecule has 6 heteroatoms. The number of nitrogens with one attached hydrogen (secondary N) is 1. The molecule has 0 atom stereocenters. The van der Waals surface area contributed by atoms with Crippen molar-refractivity contribution in [2.75, 3.05) is 7.11 Å². The second kappa shape index (κ2) is 7.24. The van der Waals surface area contributed by atoms with Gasteiger partial charge in [0.05, 0.1) is 18.3 Å². The normalized spacial score (nSPS) is 22.3. The van der Waals surface area contributed by atoms with Gasteiger partial charge in [0.2, 0.25) is 0 Å². The first-order valence-corrected chi connectivity index (χ1v) is 9.58. The molecule has 1 saturated heterocycles. The Labute approximate surface area is 156 Å². The fraction of sp³-hybridized carbons (Fsp3) is 0.650. The van der Waals surface area contributed by atoms with Crippen LogP contribution in [0.5, 0.6) is 5.75 Å². The van der Waals surface area contributed by atoms with Crippen molar-refractivity contribution in [3.05, 3.63) is 23.8 Å². The third kappa shape index (κ3) is 3.76. The van der Waals surface area contributed by atoms with E-state index in [1.807, 2.05) is 39.8 Å². The minimum Gasteiger partial charge on any atom is -0.497 e. The molecule has 1 aromatic carbocycles. The maximum atomic E-state index is 12.6. The van der Waals surface area contributed by atoms with E-state index in [4.69, 9.17) is 14.0 Å². The molecule has 1 amide bonds. The van der Waals surface area contributed by atoms with Crippen molar-refractivity contribution in [3.63, 3.8) is 0 Å². The molecule has 1 heterocycles. The summed E-state index contributed by atoms with van der Waals surface area (Å²) >= 11 is 0. The van der Waals surface area contributed by atoms with Gasteiger partial charge in [-0.1, -0.05) is 25.3 Å². The van der Waals surface area contributed by atoms with Crippen LogP contribution in [-0.4, -0.2) is 37.4 Å². The van der Waals surface area contributed by atoms with E-state index < -0.39 is 18.3 Å². The minimum absolute atomic E-state index is 0.0457. The van der Waals surface area contributed by atoms with Crippen LogP contribution >= 0.6 is 0 Å². The first-order valence-electron chi connectivity index (χ1n) is 9.58. The minimum atomic E-state index is -0.509. The van der Waals surface area contributed by atoms with Crippen molar-refractivity contribution < 1.29 is 18.8 Å².